The van der Waals surface area contributed by atoms with Crippen molar-refractivity contribution < 1.29 is 14.3 Å². The van der Waals surface area contributed by atoms with Gasteiger partial charge in [-0.05, 0) is 30.7 Å². The average Bonchev–Trinajstić information content (AvgIpc) is 2.75. The van der Waals surface area contributed by atoms with Crippen LogP contribution < -0.4 is 0 Å². The molecule has 0 aliphatic carbocycles. The van der Waals surface area contributed by atoms with E-state index in [0.717, 1.165) is 27.5 Å². The monoisotopic (exact) mass is 240 g/mol. The number of carboxylic acids is 1. The van der Waals surface area contributed by atoms with Gasteiger partial charge in [-0.2, -0.15) is 0 Å². The Bertz CT molecular complexity index is 740. The zero-order valence-electron chi connectivity index (χ0n) is 9.88. The summed E-state index contributed by atoms with van der Waals surface area (Å²) in [5.74, 6) is -1.33. The number of furan rings is 1. The van der Waals surface area contributed by atoms with Gasteiger partial charge in [-0.25, -0.2) is 0 Å². The molecule has 0 saturated heterocycles. The van der Waals surface area contributed by atoms with Gasteiger partial charge in [0.15, 0.2) is 0 Å². The lowest BCUT2D eigenvalue weighted by Crippen LogP contribution is -2.06. The topological polar surface area (TPSA) is 50.4 Å². The van der Waals surface area contributed by atoms with E-state index in [0.29, 0.717) is 0 Å². The highest BCUT2D eigenvalue weighted by Crippen LogP contribution is 2.30. The van der Waals surface area contributed by atoms with Crippen LogP contribution >= 0.6 is 0 Å². The fraction of sp³-hybridized carbons (Fsp3) is 0.133. The third-order valence-corrected chi connectivity index (χ3v) is 3.27. The zero-order chi connectivity index (χ0) is 12.7. The number of carbonyl (C=O) groups is 1. The summed E-state index contributed by atoms with van der Waals surface area (Å²) < 4.78 is 5.70. The number of hydrogen-bond acceptors (Lipinski definition) is 2. The molecule has 0 bridgehead atoms. The number of benzene rings is 2. The lowest BCUT2D eigenvalue weighted by atomic mass is 9.99. The Hall–Kier alpha value is -2.29. The molecule has 1 heterocycles. The van der Waals surface area contributed by atoms with Crippen LogP contribution in [0, 0.1) is 0 Å². The first-order valence-corrected chi connectivity index (χ1v) is 5.81. The molecule has 2 aromatic carbocycles. The van der Waals surface area contributed by atoms with Gasteiger partial charge in [-0.15, -0.1) is 0 Å². The highest BCUT2D eigenvalue weighted by atomic mass is 16.4. The van der Waals surface area contributed by atoms with E-state index in [9.17, 15) is 4.79 Å². The minimum absolute atomic E-state index is 0.511. The highest BCUT2D eigenvalue weighted by molar-refractivity contribution is 6.05. The van der Waals surface area contributed by atoms with Crippen molar-refractivity contribution in [3.05, 3.63) is 48.0 Å². The molecule has 0 aliphatic heterocycles. The van der Waals surface area contributed by atoms with Crippen LogP contribution in [-0.4, -0.2) is 11.1 Å². The van der Waals surface area contributed by atoms with Crippen molar-refractivity contribution >= 4 is 27.9 Å². The number of rotatable bonds is 2. The van der Waals surface area contributed by atoms with Crippen molar-refractivity contribution in [1.82, 2.24) is 0 Å². The summed E-state index contributed by atoms with van der Waals surface area (Å²) in [5.41, 5.74) is 2.41. The van der Waals surface area contributed by atoms with Crippen LogP contribution in [0.15, 0.2) is 46.9 Å². The molecule has 3 nitrogen and oxygen atoms in total. The van der Waals surface area contributed by atoms with Crippen LogP contribution in [0.25, 0.3) is 21.9 Å². The quantitative estimate of drug-likeness (QED) is 0.741. The molecule has 1 N–H and O–H groups in total. The third-order valence-electron chi connectivity index (χ3n) is 3.27. The summed E-state index contributed by atoms with van der Waals surface area (Å²) in [7, 11) is 0. The van der Waals surface area contributed by atoms with Gasteiger partial charge in [0.05, 0.1) is 5.92 Å². The number of para-hydroxylation sites is 1. The Morgan fingerprint density at radius 1 is 1.11 bits per heavy atom. The first kappa shape index (κ1) is 10.8. The van der Waals surface area contributed by atoms with Crippen molar-refractivity contribution in [2.24, 2.45) is 0 Å². The van der Waals surface area contributed by atoms with E-state index in [-0.39, 0.29) is 0 Å². The second-order valence-electron chi connectivity index (χ2n) is 4.41. The van der Waals surface area contributed by atoms with E-state index in [4.69, 9.17) is 9.52 Å². The zero-order valence-corrected chi connectivity index (χ0v) is 9.88. The van der Waals surface area contributed by atoms with Gasteiger partial charge in [0.1, 0.15) is 11.2 Å². The highest BCUT2D eigenvalue weighted by Gasteiger charge is 2.15. The summed E-state index contributed by atoms with van der Waals surface area (Å²) in [4.78, 5) is 11.0. The third kappa shape index (κ3) is 1.56. The van der Waals surface area contributed by atoms with Crippen LogP contribution in [0.1, 0.15) is 18.4 Å². The minimum Gasteiger partial charge on any atom is -0.481 e. The van der Waals surface area contributed by atoms with Gasteiger partial charge in [-0.1, -0.05) is 24.3 Å². The van der Waals surface area contributed by atoms with Crippen LogP contribution in [0.2, 0.25) is 0 Å². The molecule has 1 unspecified atom stereocenters. The lowest BCUT2D eigenvalue weighted by molar-refractivity contribution is -0.138. The molecule has 3 aromatic rings. The summed E-state index contributed by atoms with van der Waals surface area (Å²) >= 11 is 0. The normalized spacial score (nSPS) is 12.9. The first-order valence-electron chi connectivity index (χ1n) is 5.81. The van der Waals surface area contributed by atoms with Gasteiger partial charge in [-0.3, -0.25) is 4.79 Å². The molecule has 0 amide bonds. The Balaban J connectivity index is 2.27. The van der Waals surface area contributed by atoms with Crippen molar-refractivity contribution in [3.8, 4) is 0 Å². The Morgan fingerprint density at radius 3 is 2.61 bits per heavy atom. The van der Waals surface area contributed by atoms with Gasteiger partial charge in [0.2, 0.25) is 0 Å². The molecule has 0 saturated carbocycles. The molecule has 0 radical (unpaired) electrons. The maximum atomic E-state index is 11.0. The largest absolute Gasteiger partial charge is 0.481 e. The Kier molecular flexibility index (Phi) is 2.33. The summed E-state index contributed by atoms with van der Waals surface area (Å²) in [5, 5.41) is 11.0. The molecular weight excluding hydrogens is 228 g/mol. The van der Waals surface area contributed by atoms with E-state index in [1.165, 1.54) is 0 Å². The fourth-order valence-electron chi connectivity index (χ4n) is 2.16. The van der Waals surface area contributed by atoms with Gasteiger partial charge in [0, 0.05) is 10.8 Å². The Morgan fingerprint density at radius 2 is 1.83 bits per heavy atom. The van der Waals surface area contributed by atoms with E-state index >= 15 is 0 Å². The number of fused-ring (bicyclic) bond motifs is 3. The van der Waals surface area contributed by atoms with Crippen LogP contribution in [0.4, 0.5) is 0 Å². The van der Waals surface area contributed by atoms with Crippen LogP contribution in [-0.2, 0) is 4.79 Å². The van der Waals surface area contributed by atoms with E-state index in [1.54, 1.807) is 6.92 Å². The van der Waals surface area contributed by atoms with E-state index in [1.807, 2.05) is 42.5 Å². The van der Waals surface area contributed by atoms with E-state index < -0.39 is 11.9 Å². The second-order valence-corrected chi connectivity index (χ2v) is 4.41. The molecule has 3 heteroatoms. The molecule has 0 aliphatic rings. The predicted molar refractivity (Wildman–Crippen MR) is 69.8 cm³/mol. The summed E-state index contributed by atoms with van der Waals surface area (Å²) in [6.07, 6.45) is 0. The van der Waals surface area contributed by atoms with E-state index in [2.05, 4.69) is 0 Å². The molecule has 90 valence electrons. The molecular formula is C15H12O3. The van der Waals surface area contributed by atoms with Crippen LogP contribution in [0.5, 0.6) is 0 Å². The molecule has 18 heavy (non-hydrogen) atoms. The van der Waals surface area contributed by atoms with Crippen molar-refractivity contribution in [3.63, 3.8) is 0 Å². The SMILES string of the molecule is CC(C(=O)O)c1ccc2oc3ccccc3c2c1. The molecule has 0 fully saturated rings. The van der Waals surface area contributed by atoms with Crippen molar-refractivity contribution in [1.29, 1.82) is 0 Å². The predicted octanol–water partition coefficient (Wildman–Crippen LogP) is 3.77. The van der Waals surface area contributed by atoms with Gasteiger partial charge < -0.3 is 9.52 Å². The summed E-state index contributed by atoms with van der Waals surface area (Å²) in [6.45, 7) is 1.69. The second kappa shape index (κ2) is 3.88. The average molecular weight is 240 g/mol. The van der Waals surface area contributed by atoms with Gasteiger partial charge in [0.25, 0.3) is 0 Å². The molecule has 1 atom stereocenters. The first-order chi connectivity index (χ1) is 8.66. The summed E-state index contributed by atoms with van der Waals surface area (Å²) in [6, 6.07) is 13.3. The number of hydrogen-bond donors (Lipinski definition) is 1. The van der Waals surface area contributed by atoms with Crippen molar-refractivity contribution in [2.45, 2.75) is 12.8 Å². The molecule has 3 rings (SSSR count). The molecule has 0 spiro atoms. The molecule has 1 aromatic heterocycles. The lowest BCUT2D eigenvalue weighted by Gasteiger charge is -2.05. The maximum absolute atomic E-state index is 11.0. The van der Waals surface area contributed by atoms with Crippen molar-refractivity contribution in [2.75, 3.05) is 0 Å². The Labute approximate surface area is 104 Å². The number of aliphatic carboxylic acids is 1. The maximum Gasteiger partial charge on any atom is 0.310 e. The minimum atomic E-state index is -0.817. The fourth-order valence-corrected chi connectivity index (χ4v) is 2.16. The standard InChI is InChI=1S/C15H12O3/c1-9(15(16)17)10-6-7-14-12(8-10)11-4-2-3-5-13(11)18-14/h2-9H,1H3,(H,16,17). The number of carboxylic acid groups (broad SMARTS) is 1. The smallest absolute Gasteiger partial charge is 0.310 e. The van der Waals surface area contributed by atoms with Gasteiger partial charge >= 0.3 is 5.97 Å². The van der Waals surface area contributed by atoms with Crippen LogP contribution in [0.3, 0.4) is 0 Å².